The first kappa shape index (κ1) is 9.24. The van der Waals surface area contributed by atoms with Gasteiger partial charge in [-0.25, -0.2) is 0 Å². The first-order chi connectivity index (χ1) is 5.81. The first-order valence-corrected chi connectivity index (χ1v) is 4.72. The maximum Gasteiger partial charge on any atom is 0.0995 e. The first-order valence-electron chi connectivity index (χ1n) is 3.59. The molecule has 0 radical (unpaired) electrons. The Bertz CT molecular complexity index is 315. The second-order valence-corrected chi connectivity index (χ2v) is 3.00. The molecule has 0 aliphatic rings. The maximum absolute atomic E-state index is 8.70. The van der Waals surface area contributed by atoms with Gasteiger partial charge in [-0.1, -0.05) is 28.1 Å². The Hall–Kier alpha value is -0.850. The summed E-state index contributed by atoms with van der Waals surface area (Å²) in [6.07, 6.45) is 0. The number of nitrogens with zero attached hydrogens (tertiary/aromatic N) is 1. The summed E-state index contributed by atoms with van der Waals surface area (Å²) in [6.45, 7) is 0.420. The number of alkyl halides is 1. The van der Waals surface area contributed by atoms with Crippen molar-refractivity contribution in [3.05, 3.63) is 34.9 Å². The van der Waals surface area contributed by atoms with Crippen molar-refractivity contribution < 1.29 is 0 Å². The van der Waals surface area contributed by atoms with Crippen molar-refractivity contribution in [3.8, 4) is 6.07 Å². The van der Waals surface area contributed by atoms with Gasteiger partial charge in [0.1, 0.15) is 0 Å². The highest BCUT2D eigenvalue weighted by Crippen LogP contribution is 2.12. The average molecular weight is 225 g/mol. The lowest BCUT2D eigenvalue weighted by molar-refractivity contribution is 1.06. The van der Waals surface area contributed by atoms with Crippen molar-refractivity contribution in [2.75, 3.05) is 0 Å². The Labute approximate surface area is 80.1 Å². The zero-order valence-corrected chi connectivity index (χ0v) is 8.13. The van der Waals surface area contributed by atoms with Gasteiger partial charge in [0.2, 0.25) is 0 Å². The van der Waals surface area contributed by atoms with E-state index in [4.69, 9.17) is 11.0 Å². The lowest BCUT2D eigenvalue weighted by Crippen LogP contribution is -2.00. The molecule has 0 bridgehead atoms. The topological polar surface area (TPSA) is 49.8 Å². The van der Waals surface area contributed by atoms with Crippen molar-refractivity contribution in [2.45, 2.75) is 11.9 Å². The molecule has 0 amide bonds. The van der Waals surface area contributed by atoms with Gasteiger partial charge in [-0.2, -0.15) is 5.26 Å². The van der Waals surface area contributed by atoms with E-state index in [9.17, 15) is 0 Å². The Morgan fingerprint density at radius 1 is 1.50 bits per heavy atom. The van der Waals surface area contributed by atoms with E-state index >= 15 is 0 Å². The van der Waals surface area contributed by atoms with E-state index in [-0.39, 0.29) is 0 Å². The monoisotopic (exact) mass is 224 g/mol. The van der Waals surface area contributed by atoms with Gasteiger partial charge in [-0.3, -0.25) is 0 Å². The van der Waals surface area contributed by atoms with Crippen LogP contribution in [0, 0.1) is 11.3 Å². The molecular formula is C9H9BrN2. The molecule has 0 saturated carbocycles. The van der Waals surface area contributed by atoms with Crippen LogP contribution in [-0.2, 0) is 11.9 Å². The number of benzene rings is 1. The van der Waals surface area contributed by atoms with Crippen LogP contribution in [0.25, 0.3) is 0 Å². The predicted molar refractivity (Wildman–Crippen MR) is 51.7 cm³/mol. The van der Waals surface area contributed by atoms with Crippen molar-refractivity contribution in [1.29, 1.82) is 5.26 Å². The number of nitriles is 1. The summed E-state index contributed by atoms with van der Waals surface area (Å²) in [5, 5.41) is 9.49. The Kier molecular flexibility index (Phi) is 3.27. The lowest BCUT2D eigenvalue weighted by atomic mass is 10.1. The van der Waals surface area contributed by atoms with Crippen LogP contribution < -0.4 is 5.73 Å². The van der Waals surface area contributed by atoms with E-state index in [1.165, 1.54) is 0 Å². The minimum atomic E-state index is 0.420. The summed E-state index contributed by atoms with van der Waals surface area (Å²) in [6, 6.07) is 7.78. The number of halogens is 1. The van der Waals surface area contributed by atoms with Crippen molar-refractivity contribution >= 4 is 15.9 Å². The molecule has 2 N–H and O–H groups in total. The smallest absolute Gasteiger partial charge is 0.0995 e. The standard InChI is InChI=1S/C9H9BrN2/c10-4-7-1-2-8(5-11)9(3-7)6-12/h1-3H,4,6,12H2. The second kappa shape index (κ2) is 4.24. The summed E-state index contributed by atoms with van der Waals surface area (Å²) in [7, 11) is 0. The Morgan fingerprint density at radius 3 is 2.75 bits per heavy atom. The molecule has 1 aromatic rings. The summed E-state index contributed by atoms with van der Waals surface area (Å²) in [4.78, 5) is 0. The van der Waals surface area contributed by atoms with E-state index in [1.54, 1.807) is 6.07 Å². The molecule has 0 fully saturated rings. The van der Waals surface area contributed by atoms with E-state index in [0.717, 1.165) is 16.5 Å². The normalized spacial score (nSPS) is 9.42. The van der Waals surface area contributed by atoms with E-state index < -0.39 is 0 Å². The minimum absolute atomic E-state index is 0.420. The molecule has 0 aliphatic carbocycles. The van der Waals surface area contributed by atoms with Crippen LogP contribution in [0.1, 0.15) is 16.7 Å². The third-order valence-corrected chi connectivity index (χ3v) is 2.31. The number of rotatable bonds is 2. The molecule has 2 nitrogen and oxygen atoms in total. The van der Waals surface area contributed by atoms with Crippen LogP contribution in [0.15, 0.2) is 18.2 Å². The molecule has 12 heavy (non-hydrogen) atoms. The van der Waals surface area contributed by atoms with Crippen LogP contribution in [-0.4, -0.2) is 0 Å². The van der Waals surface area contributed by atoms with Crippen LogP contribution in [0.5, 0.6) is 0 Å². The molecule has 0 saturated heterocycles. The Morgan fingerprint density at radius 2 is 2.25 bits per heavy atom. The lowest BCUT2D eigenvalue weighted by Gasteiger charge is -2.02. The molecule has 0 aromatic heterocycles. The number of hydrogen-bond donors (Lipinski definition) is 1. The van der Waals surface area contributed by atoms with Crippen molar-refractivity contribution in [1.82, 2.24) is 0 Å². The van der Waals surface area contributed by atoms with Crippen molar-refractivity contribution in [3.63, 3.8) is 0 Å². The van der Waals surface area contributed by atoms with E-state index in [1.807, 2.05) is 12.1 Å². The molecule has 3 heteroatoms. The van der Waals surface area contributed by atoms with Crippen LogP contribution in [0.3, 0.4) is 0 Å². The summed E-state index contributed by atoms with van der Waals surface area (Å²) in [5.74, 6) is 0. The zero-order valence-electron chi connectivity index (χ0n) is 6.55. The summed E-state index contributed by atoms with van der Waals surface area (Å²) < 4.78 is 0. The van der Waals surface area contributed by atoms with Crippen LogP contribution in [0.4, 0.5) is 0 Å². The third kappa shape index (κ3) is 1.84. The fourth-order valence-corrected chi connectivity index (χ4v) is 1.36. The number of nitrogens with two attached hydrogens (primary N) is 1. The fraction of sp³-hybridized carbons (Fsp3) is 0.222. The van der Waals surface area contributed by atoms with Crippen LogP contribution in [0.2, 0.25) is 0 Å². The van der Waals surface area contributed by atoms with Crippen LogP contribution >= 0.6 is 15.9 Å². The largest absolute Gasteiger partial charge is 0.326 e. The fourth-order valence-electron chi connectivity index (χ4n) is 1.01. The van der Waals surface area contributed by atoms with Gasteiger partial charge in [-0.05, 0) is 17.2 Å². The molecule has 0 heterocycles. The highest BCUT2D eigenvalue weighted by molar-refractivity contribution is 9.08. The molecule has 0 spiro atoms. The second-order valence-electron chi connectivity index (χ2n) is 2.44. The zero-order chi connectivity index (χ0) is 8.97. The highest BCUT2D eigenvalue weighted by atomic mass is 79.9. The van der Waals surface area contributed by atoms with E-state index in [0.29, 0.717) is 12.1 Å². The van der Waals surface area contributed by atoms with Gasteiger partial charge >= 0.3 is 0 Å². The molecule has 1 rings (SSSR count). The number of hydrogen-bond acceptors (Lipinski definition) is 2. The molecule has 0 unspecified atom stereocenters. The SMILES string of the molecule is N#Cc1ccc(CBr)cc1CN. The van der Waals surface area contributed by atoms with Gasteiger partial charge in [0.05, 0.1) is 11.6 Å². The maximum atomic E-state index is 8.70. The minimum Gasteiger partial charge on any atom is -0.326 e. The molecule has 62 valence electrons. The summed E-state index contributed by atoms with van der Waals surface area (Å²) >= 11 is 3.34. The van der Waals surface area contributed by atoms with Gasteiger partial charge in [0, 0.05) is 11.9 Å². The average Bonchev–Trinajstić information content (AvgIpc) is 2.16. The van der Waals surface area contributed by atoms with Crippen molar-refractivity contribution in [2.24, 2.45) is 5.73 Å². The predicted octanol–water partition coefficient (Wildman–Crippen LogP) is 1.91. The molecule has 1 aromatic carbocycles. The molecule has 0 aliphatic heterocycles. The third-order valence-electron chi connectivity index (χ3n) is 1.66. The molecular weight excluding hydrogens is 216 g/mol. The van der Waals surface area contributed by atoms with Gasteiger partial charge < -0.3 is 5.73 Å². The summed E-state index contributed by atoms with van der Waals surface area (Å²) in [5.41, 5.74) is 8.21. The van der Waals surface area contributed by atoms with Gasteiger partial charge in [-0.15, -0.1) is 0 Å². The van der Waals surface area contributed by atoms with E-state index in [2.05, 4.69) is 22.0 Å². The van der Waals surface area contributed by atoms with Gasteiger partial charge in [0.15, 0.2) is 0 Å². The molecule has 0 atom stereocenters. The highest BCUT2D eigenvalue weighted by Gasteiger charge is 2.00. The quantitative estimate of drug-likeness (QED) is 0.781. The Balaban J connectivity index is 3.13. The van der Waals surface area contributed by atoms with Gasteiger partial charge in [0.25, 0.3) is 0 Å².